The fourth-order valence-electron chi connectivity index (χ4n) is 2.85. The van der Waals surface area contributed by atoms with Gasteiger partial charge < -0.3 is 10.6 Å². The largest absolute Gasteiger partial charge is 0.369 e. The SMILES string of the molecule is CN(C)c1nc2ccccc2c(Cl)c1C(C(C#N)C#N)C(C#N)C(N)=O. The van der Waals surface area contributed by atoms with E-state index >= 15 is 0 Å². The number of rotatable bonds is 5. The number of nitrogens with two attached hydrogens (primary N) is 1. The molecule has 7 nitrogen and oxygen atoms in total. The molecule has 26 heavy (non-hydrogen) atoms. The third-order valence-corrected chi connectivity index (χ3v) is 4.45. The predicted molar refractivity (Wildman–Crippen MR) is 96.8 cm³/mol. The van der Waals surface area contributed by atoms with Crippen LogP contribution >= 0.6 is 11.6 Å². The van der Waals surface area contributed by atoms with Gasteiger partial charge in [-0.25, -0.2) is 4.98 Å². The molecule has 2 rings (SSSR count). The van der Waals surface area contributed by atoms with E-state index in [0.717, 1.165) is 0 Å². The number of nitriles is 3. The molecule has 0 bridgehead atoms. The van der Waals surface area contributed by atoms with Crippen LogP contribution in [0.3, 0.4) is 0 Å². The van der Waals surface area contributed by atoms with Gasteiger partial charge in [-0.1, -0.05) is 29.8 Å². The Bertz CT molecular complexity index is 968. The van der Waals surface area contributed by atoms with Gasteiger partial charge in [0.25, 0.3) is 0 Å². The number of pyridine rings is 1. The normalized spacial score (nSPS) is 12.7. The molecule has 0 saturated heterocycles. The first-order chi connectivity index (χ1) is 12.4. The molecule has 0 radical (unpaired) electrons. The Kier molecular flexibility index (Phi) is 5.62. The van der Waals surface area contributed by atoms with Gasteiger partial charge in [0.05, 0.1) is 28.7 Å². The molecule has 0 aliphatic carbocycles. The zero-order valence-electron chi connectivity index (χ0n) is 14.1. The highest BCUT2D eigenvalue weighted by Crippen LogP contribution is 2.43. The number of fused-ring (bicyclic) bond motifs is 1. The van der Waals surface area contributed by atoms with Crippen LogP contribution in [0.5, 0.6) is 0 Å². The quantitative estimate of drug-likeness (QED) is 0.863. The Morgan fingerprint density at radius 1 is 1.19 bits per heavy atom. The number of hydrogen-bond acceptors (Lipinski definition) is 6. The fraction of sp³-hybridized carbons (Fsp3) is 0.278. The van der Waals surface area contributed by atoms with Gasteiger partial charge in [-0.05, 0) is 6.07 Å². The van der Waals surface area contributed by atoms with Crippen LogP contribution in [0.2, 0.25) is 5.02 Å². The first kappa shape index (κ1) is 19.0. The lowest BCUT2D eigenvalue weighted by Gasteiger charge is -2.27. The Hall–Kier alpha value is -3.34. The van der Waals surface area contributed by atoms with Gasteiger partial charge in [-0.3, -0.25) is 4.79 Å². The maximum atomic E-state index is 11.8. The molecule has 0 aliphatic rings. The summed E-state index contributed by atoms with van der Waals surface area (Å²) in [5, 5.41) is 29.1. The summed E-state index contributed by atoms with van der Waals surface area (Å²) in [5.74, 6) is -4.39. The van der Waals surface area contributed by atoms with Gasteiger partial charge >= 0.3 is 0 Å². The third-order valence-electron chi connectivity index (χ3n) is 4.04. The molecule has 8 heteroatoms. The molecular formula is C18H15ClN6O. The topological polar surface area (TPSA) is 131 Å². The van der Waals surface area contributed by atoms with Crippen LogP contribution in [0, 0.1) is 45.8 Å². The van der Waals surface area contributed by atoms with Gasteiger partial charge in [-0.2, -0.15) is 15.8 Å². The molecule has 2 N–H and O–H groups in total. The molecule has 1 amide bonds. The van der Waals surface area contributed by atoms with E-state index in [9.17, 15) is 20.6 Å². The first-order valence-electron chi connectivity index (χ1n) is 7.61. The predicted octanol–water partition coefficient (Wildman–Crippen LogP) is 2.33. The zero-order chi connectivity index (χ0) is 19.4. The Morgan fingerprint density at radius 2 is 1.81 bits per heavy atom. The van der Waals surface area contributed by atoms with Crippen LogP contribution in [0.25, 0.3) is 10.9 Å². The highest BCUT2D eigenvalue weighted by atomic mass is 35.5. The van der Waals surface area contributed by atoms with Crippen molar-refractivity contribution in [2.24, 2.45) is 17.6 Å². The van der Waals surface area contributed by atoms with Gasteiger partial charge in [0.15, 0.2) is 0 Å². The number of aromatic nitrogens is 1. The average Bonchev–Trinajstić information content (AvgIpc) is 2.62. The van der Waals surface area contributed by atoms with Gasteiger partial charge in [0.1, 0.15) is 17.7 Å². The van der Waals surface area contributed by atoms with Crippen molar-refractivity contribution in [2.75, 3.05) is 19.0 Å². The molecular weight excluding hydrogens is 352 g/mol. The molecule has 1 heterocycles. The molecule has 1 aromatic heterocycles. The summed E-state index contributed by atoms with van der Waals surface area (Å²) in [6.45, 7) is 0. The van der Waals surface area contributed by atoms with Crippen molar-refractivity contribution in [1.82, 2.24) is 4.98 Å². The Morgan fingerprint density at radius 3 is 2.31 bits per heavy atom. The van der Waals surface area contributed by atoms with Crippen molar-refractivity contribution in [3.63, 3.8) is 0 Å². The van der Waals surface area contributed by atoms with Gasteiger partial charge in [-0.15, -0.1) is 0 Å². The second kappa shape index (κ2) is 7.70. The fourth-order valence-corrected chi connectivity index (χ4v) is 3.22. The molecule has 2 aromatic rings. The van der Waals surface area contributed by atoms with E-state index in [1.807, 2.05) is 18.2 Å². The van der Waals surface area contributed by atoms with Crippen molar-refractivity contribution < 1.29 is 4.79 Å². The summed E-state index contributed by atoms with van der Waals surface area (Å²) >= 11 is 6.60. The Labute approximate surface area is 155 Å². The average molecular weight is 367 g/mol. The molecule has 1 aromatic carbocycles. The summed E-state index contributed by atoms with van der Waals surface area (Å²) in [7, 11) is 3.43. The van der Waals surface area contributed by atoms with Crippen LogP contribution in [0.1, 0.15) is 11.5 Å². The van der Waals surface area contributed by atoms with Crippen LogP contribution in [-0.4, -0.2) is 25.0 Å². The summed E-state index contributed by atoms with van der Waals surface area (Å²) in [5.41, 5.74) is 6.26. The van der Waals surface area contributed by atoms with E-state index in [0.29, 0.717) is 16.7 Å². The number of primary amides is 1. The van der Waals surface area contributed by atoms with E-state index in [1.165, 1.54) is 0 Å². The van der Waals surface area contributed by atoms with E-state index in [1.54, 1.807) is 43.3 Å². The number of anilines is 1. The standard InChI is InChI=1S/C18H15ClN6O/c1-25(2)18-15(16(19)11-5-3-4-6-13(11)24-18)14(10(7-20)8-21)12(9-22)17(23)26/h3-6,10,12,14H,1-2H3,(H2,23,26). The van der Waals surface area contributed by atoms with Crippen molar-refractivity contribution >= 4 is 34.2 Å². The molecule has 2 atom stereocenters. The van der Waals surface area contributed by atoms with E-state index in [2.05, 4.69) is 4.98 Å². The van der Waals surface area contributed by atoms with Crippen LogP contribution in [0.15, 0.2) is 24.3 Å². The maximum absolute atomic E-state index is 11.8. The van der Waals surface area contributed by atoms with Crippen molar-refractivity contribution in [3.8, 4) is 18.2 Å². The maximum Gasteiger partial charge on any atom is 0.235 e. The lowest BCUT2D eigenvalue weighted by atomic mass is 9.77. The Balaban J connectivity index is 2.93. The minimum atomic E-state index is -1.40. The van der Waals surface area contributed by atoms with E-state index < -0.39 is 23.7 Å². The van der Waals surface area contributed by atoms with Crippen LogP contribution in [-0.2, 0) is 4.79 Å². The molecule has 0 fully saturated rings. The highest BCUT2D eigenvalue weighted by Gasteiger charge is 2.39. The van der Waals surface area contributed by atoms with Crippen LogP contribution < -0.4 is 10.6 Å². The molecule has 130 valence electrons. The van der Waals surface area contributed by atoms with E-state index in [4.69, 9.17) is 17.3 Å². The number of benzene rings is 1. The van der Waals surface area contributed by atoms with Gasteiger partial charge in [0, 0.05) is 31.0 Å². The number of carbonyl (C=O) groups excluding carboxylic acids is 1. The van der Waals surface area contributed by atoms with Crippen LogP contribution in [0.4, 0.5) is 5.82 Å². The molecule has 0 spiro atoms. The lowest BCUT2D eigenvalue weighted by Crippen LogP contribution is -2.32. The monoisotopic (exact) mass is 366 g/mol. The number of amides is 1. The van der Waals surface area contributed by atoms with Crippen molar-refractivity contribution in [1.29, 1.82) is 15.8 Å². The van der Waals surface area contributed by atoms with Gasteiger partial charge in [0.2, 0.25) is 5.91 Å². The molecule has 0 saturated carbocycles. The smallest absolute Gasteiger partial charge is 0.235 e. The summed E-state index contributed by atoms with van der Waals surface area (Å²) in [4.78, 5) is 18.0. The highest BCUT2D eigenvalue weighted by molar-refractivity contribution is 6.36. The summed E-state index contributed by atoms with van der Waals surface area (Å²) in [6, 6.07) is 12.6. The minimum Gasteiger partial charge on any atom is -0.369 e. The second-order valence-corrected chi connectivity index (χ2v) is 6.22. The lowest BCUT2D eigenvalue weighted by molar-refractivity contribution is -0.120. The third kappa shape index (κ3) is 3.24. The minimum absolute atomic E-state index is 0.237. The molecule has 0 aliphatic heterocycles. The number of nitrogens with zero attached hydrogens (tertiary/aromatic N) is 5. The summed E-state index contributed by atoms with van der Waals surface area (Å²) in [6.07, 6.45) is 0. The van der Waals surface area contributed by atoms with Crippen molar-refractivity contribution in [3.05, 3.63) is 34.9 Å². The summed E-state index contributed by atoms with van der Waals surface area (Å²) < 4.78 is 0. The number of hydrogen-bond donors (Lipinski definition) is 1. The van der Waals surface area contributed by atoms with E-state index in [-0.39, 0.29) is 10.6 Å². The molecule has 2 unspecified atom stereocenters. The number of carbonyl (C=O) groups is 1. The zero-order valence-corrected chi connectivity index (χ0v) is 14.9. The number of para-hydroxylation sites is 1. The van der Waals surface area contributed by atoms with Crippen molar-refractivity contribution in [2.45, 2.75) is 5.92 Å². The first-order valence-corrected chi connectivity index (χ1v) is 7.98. The number of halogens is 1. The second-order valence-electron chi connectivity index (χ2n) is 5.85.